The predicted molar refractivity (Wildman–Crippen MR) is 106 cm³/mol. The number of carbonyl (C=O) groups excluding carboxylic acids is 1. The lowest BCUT2D eigenvalue weighted by Crippen LogP contribution is -2.40. The zero-order valence-electron chi connectivity index (χ0n) is 15.8. The lowest BCUT2D eigenvalue weighted by molar-refractivity contribution is -0.386. The molecule has 1 aromatic carbocycles. The Labute approximate surface area is 165 Å². The first-order chi connectivity index (χ1) is 13.5. The average molecular weight is 399 g/mol. The van der Waals surface area contributed by atoms with Crippen LogP contribution in [0.5, 0.6) is 0 Å². The fraction of sp³-hybridized carbons (Fsp3) is 0.421. The van der Waals surface area contributed by atoms with Crippen LogP contribution in [0.2, 0.25) is 0 Å². The van der Waals surface area contributed by atoms with Gasteiger partial charge in [0.2, 0.25) is 5.91 Å². The normalized spacial score (nSPS) is 17.2. The predicted octanol–water partition coefficient (Wildman–Crippen LogP) is 3.77. The van der Waals surface area contributed by atoms with E-state index in [4.69, 9.17) is 4.98 Å². The number of amides is 1. The van der Waals surface area contributed by atoms with Crippen LogP contribution in [0.3, 0.4) is 0 Å². The van der Waals surface area contributed by atoms with E-state index in [1.807, 2.05) is 29.2 Å². The van der Waals surface area contributed by atoms with Crippen molar-refractivity contribution in [2.45, 2.75) is 45.7 Å². The van der Waals surface area contributed by atoms with Crippen molar-refractivity contribution < 1.29 is 9.72 Å². The number of nitrogens with zero attached hydrogens (tertiary/aromatic N) is 5. The zero-order chi connectivity index (χ0) is 19.8. The highest BCUT2D eigenvalue weighted by Gasteiger charge is 2.31. The number of aryl methyl sites for hydroxylation is 1. The number of aromatic nitrogens is 3. The van der Waals surface area contributed by atoms with Crippen molar-refractivity contribution in [3.63, 3.8) is 0 Å². The molecule has 1 unspecified atom stereocenters. The van der Waals surface area contributed by atoms with Crippen LogP contribution in [0.15, 0.2) is 24.3 Å². The number of benzene rings is 1. The third-order valence-electron chi connectivity index (χ3n) is 5.23. The Kier molecular flexibility index (Phi) is 4.84. The van der Waals surface area contributed by atoms with Gasteiger partial charge in [-0.25, -0.2) is 4.98 Å². The van der Waals surface area contributed by atoms with E-state index >= 15 is 0 Å². The SMILES string of the molecule is Cc1nn(CC(=O)N2CCCCC2c2nc3ccccc3s2)c(C)c1[N+](=O)[O-]. The summed E-state index contributed by atoms with van der Waals surface area (Å²) in [6.45, 7) is 3.90. The Morgan fingerprint density at radius 2 is 2.11 bits per heavy atom. The van der Waals surface area contributed by atoms with Gasteiger partial charge in [-0.15, -0.1) is 11.3 Å². The minimum Gasteiger partial charge on any atom is -0.332 e. The summed E-state index contributed by atoms with van der Waals surface area (Å²) < 4.78 is 2.56. The zero-order valence-corrected chi connectivity index (χ0v) is 16.6. The number of nitro groups is 1. The van der Waals surface area contributed by atoms with E-state index < -0.39 is 4.92 Å². The van der Waals surface area contributed by atoms with Gasteiger partial charge in [0.1, 0.15) is 22.9 Å². The second kappa shape index (κ2) is 7.31. The first-order valence-electron chi connectivity index (χ1n) is 9.29. The number of rotatable bonds is 4. The molecule has 3 heterocycles. The van der Waals surface area contributed by atoms with Crippen molar-refractivity contribution in [3.05, 3.63) is 50.8 Å². The molecule has 0 N–H and O–H groups in total. The van der Waals surface area contributed by atoms with Crippen LogP contribution in [0.1, 0.15) is 41.7 Å². The molecule has 1 atom stereocenters. The van der Waals surface area contributed by atoms with Gasteiger partial charge < -0.3 is 4.90 Å². The van der Waals surface area contributed by atoms with Crippen LogP contribution >= 0.6 is 11.3 Å². The third kappa shape index (κ3) is 3.26. The van der Waals surface area contributed by atoms with Crippen LogP contribution in [0.25, 0.3) is 10.2 Å². The summed E-state index contributed by atoms with van der Waals surface area (Å²) in [5, 5.41) is 16.4. The van der Waals surface area contributed by atoms with Crippen LogP contribution in [0.4, 0.5) is 5.69 Å². The molecule has 0 saturated carbocycles. The third-order valence-corrected chi connectivity index (χ3v) is 6.37. The largest absolute Gasteiger partial charge is 0.332 e. The fourth-order valence-corrected chi connectivity index (χ4v) is 4.96. The maximum atomic E-state index is 13.1. The first-order valence-corrected chi connectivity index (χ1v) is 10.1. The second-order valence-electron chi connectivity index (χ2n) is 7.05. The van der Waals surface area contributed by atoms with Gasteiger partial charge in [-0.1, -0.05) is 12.1 Å². The number of carbonyl (C=O) groups is 1. The van der Waals surface area contributed by atoms with Gasteiger partial charge in [-0.2, -0.15) is 5.10 Å². The number of hydrogen-bond acceptors (Lipinski definition) is 6. The lowest BCUT2D eigenvalue weighted by atomic mass is 10.0. The molecule has 1 fully saturated rings. The highest BCUT2D eigenvalue weighted by atomic mass is 32.1. The van der Waals surface area contributed by atoms with Crippen LogP contribution in [-0.2, 0) is 11.3 Å². The summed E-state index contributed by atoms with van der Waals surface area (Å²) in [6, 6.07) is 7.93. The number of fused-ring (bicyclic) bond motifs is 1. The number of piperidine rings is 1. The van der Waals surface area contributed by atoms with Crippen LogP contribution in [0, 0.1) is 24.0 Å². The van der Waals surface area contributed by atoms with Gasteiger partial charge in [-0.05, 0) is 45.2 Å². The second-order valence-corrected chi connectivity index (χ2v) is 8.11. The molecule has 4 rings (SSSR count). The van der Waals surface area contributed by atoms with E-state index in [-0.39, 0.29) is 24.2 Å². The molecule has 1 aliphatic rings. The Bertz CT molecular complexity index is 1020. The quantitative estimate of drug-likeness (QED) is 0.492. The molecule has 28 heavy (non-hydrogen) atoms. The minimum absolute atomic E-state index is 0.00189. The molecular formula is C19H21N5O3S. The van der Waals surface area contributed by atoms with Crippen molar-refractivity contribution in [3.8, 4) is 0 Å². The molecule has 0 aliphatic carbocycles. The smallest absolute Gasteiger partial charge is 0.312 e. The van der Waals surface area contributed by atoms with E-state index in [1.165, 1.54) is 4.68 Å². The Morgan fingerprint density at radius 1 is 1.32 bits per heavy atom. The molecule has 0 spiro atoms. The summed E-state index contributed by atoms with van der Waals surface area (Å²) in [6.07, 6.45) is 2.88. The number of thiazole rings is 1. The molecule has 1 amide bonds. The van der Waals surface area contributed by atoms with Gasteiger partial charge in [0.15, 0.2) is 0 Å². The maximum Gasteiger partial charge on any atom is 0.312 e. The lowest BCUT2D eigenvalue weighted by Gasteiger charge is -2.34. The number of likely N-dealkylation sites (tertiary alicyclic amines) is 1. The summed E-state index contributed by atoms with van der Waals surface area (Å²) in [4.78, 5) is 30.5. The summed E-state index contributed by atoms with van der Waals surface area (Å²) in [7, 11) is 0. The Hall–Kier alpha value is -2.81. The minimum atomic E-state index is -0.441. The van der Waals surface area contributed by atoms with Crippen LogP contribution < -0.4 is 0 Å². The highest BCUT2D eigenvalue weighted by molar-refractivity contribution is 7.18. The maximum absolute atomic E-state index is 13.1. The van der Waals surface area contributed by atoms with E-state index in [2.05, 4.69) is 5.10 Å². The molecular weight excluding hydrogens is 378 g/mol. The van der Waals surface area contributed by atoms with E-state index in [0.29, 0.717) is 17.9 Å². The van der Waals surface area contributed by atoms with E-state index in [9.17, 15) is 14.9 Å². The van der Waals surface area contributed by atoms with Crippen molar-refractivity contribution >= 4 is 33.1 Å². The van der Waals surface area contributed by atoms with Crippen molar-refractivity contribution in [2.24, 2.45) is 0 Å². The van der Waals surface area contributed by atoms with Gasteiger partial charge >= 0.3 is 5.69 Å². The van der Waals surface area contributed by atoms with Crippen LogP contribution in [-0.4, -0.2) is 37.0 Å². The number of para-hydroxylation sites is 1. The van der Waals surface area contributed by atoms with Gasteiger partial charge in [0.25, 0.3) is 0 Å². The van der Waals surface area contributed by atoms with Crippen molar-refractivity contribution in [2.75, 3.05) is 6.54 Å². The number of hydrogen-bond donors (Lipinski definition) is 0. The molecule has 146 valence electrons. The van der Waals surface area contributed by atoms with Crippen molar-refractivity contribution in [1.29, 1.82) is 0 Å². The summed E-state index contributed by atoms with van der Waals surface area (Å²) in [5.74, 6) is -0.0792. The summed E-state index contributed by atoms with van der Waals surface area (Å²) in [5.41, 5.74) is 1.67. The molecule has 1 aliphatic heterocycles. The Balaban J connectivity index is 1.60. The monoisotopic (exact) mass is 399 g/mol. The van der Waals surface area contributed by atoms with E-state index in [0.717, 1.165) is 34.5 Å². The van der Waals surface area contributed by atoms with E-state index in [1.54, 1.807) is 25.2 Å². The molecule has 9 heteroatoms. The molecule has 0 bridgehead atoms. The molecule has 3 aromatic rings. The molecule has 8 nitrogen and oxygen atoms in total. The van der Waals surface area contributed by atoms with Crippen molar-refractivity contribution in [1.82, 2.24) is 19.7 Å². The molecule has 1 saturated heterocycles. The van der Waals surface area contributed by atoms with Gasteiger partial charge in [0.05, 0.1) is 21.2 Å². The summed E-state index contributed by atoms with van der Waals surface area (Å²) >= 11 is 1.63. The first kappa shape index (κ1) is 18.5. The Morgan fingerprint density at radius 3 is 2.82 bits per heavy atom. The van der Waals surface area contributed by atoms with Gasteiger partial charge in [-0.3, -0.25) is 19.6 Å². The average Bonchev–Trinajstić information content (AvgIpc) is 3.22. The molecule has 2 aromatic heterocycles. The fourth-order valence-electron chi connectivity index (χ4n) is 3.84. The van der Waals surface area contributed by atoms with Gasteiger partial charge in [0, 0.05) is 6.54 Å². The topological polar surface area (TPSA) is 94.2 Å². The highest BCUT2D eigenvalue weighted by Crippen LogP contribution is 2.36. The standard InChI is InChI=1S/C19H21N5O3S/c1-12-18(24(26)27)13(2)23(21-12)11-17(25)22-10-6-5-8-15(22)19-20-14-7-3-4-9-16(14)28-19/h3-4,7,9,15H,5-6,8,10-11H2,1-2H3. The molecule has 0 radical (unpaired) electrons.